The Hall–Kier alpha value is -0.720. The molecule has 6 heteroatoms. The molecule has 0 amide bonds. The molecule has 1 fully saturated rings. The second-order valence-corrected chi connectivity index (χ2v) is 6.29. The molecular weight excluding hydrogens is 316 g/mol. The Kier molecular flexibility index (Phi) is 4.53. The second kappa shape index (κ2) is 5.95. The number of oxime groups is 1. The van der Waals surface area contributed by atoms with Crippen molar-refractivity contribution in [1.29, 1.82) is 0 Å². The highest BCUT2D eigenvalue weighted by atomic mass is 79.9. The lowest BCUT2D eigenvalue weighted by molar-refractivity contribution is 0.127. The predicted octanol–water partition coefficient (Wildman–Crippen LogP) is 2.81. The monoisotopic (exact) mass is 330 g/mol. The van der Waals surface area contributed by atoms with E-state index in [0.29, 0.717) is 10.8 Å². The summed E-state index contributed by atoms with van der Waals surface area (Å²) >= 11 is 5.32. The highest BCUT2D eigenvalue weighted by molar-refractivity contribution is 9.10. The van der Waals surface area contributed by atoms with Crippen LogP contribution in [0.15, 0.2) is 32.7 Å². The fourth-order valence-corrected chi connectivity index (χ4v) is 3.63. The molecule has 98 valence electrons. The molecule has 2 rings (SSSR count). The highest BCUT2D eigenvalue weighted by Crippen LogP contribution is 2.36. The van der Waals surface area contributed by atoms with Crippen LogP contribution >= 0.6 is 27.7 Å². The summed E-state index contributed by atoms with van der Waals surface area (Å²) in [6, 6.07) is 5.69. The van der Waals surface area contributed by atoms with Crippen LogP contribution in [-0.4, -0.2) is 29.0 Å². The van der Waals surface area contributed by atoms with E-state index in [1.165, 1.54) is 0 Å². The number of rotatable bonds is 3. The molecule has 0 bridgehead atoms. The minimum Gasteiger partial charge on any atom is -0.409 e. The van der Waals surface area contributed by atoms with Gasteiger partial charge in [-0.25, -0.2) is 0 Å². The van der Waals surface area contributed by atoms with Gasteiger partial charge in [-0.05, 0) is 47.5 Å². The first-order valence-corrected chi connectivity index (χ1v) is 7.35. The van der Waals surface area contributed by atoms with Gasteiger partial charge in [-0.2, -0.15) is 0 Å². The summed E-state index contributed by atoms with van der Waals surface area (Å²) in [5.74, 6) is 0.116. The molecule has 1 aliphatic heterocycles. The molecule has 2 unspecified atom stereocenters. The smallest absolute Gasteiger partial charge is 0.170 e. The minimum atomic E-state index is 0.116. The number of nitrogens with two attached hydrogens (primary N) is 1. The number of benzene rings is 1. The first-order chi connectivity index (χ1) is 8.61. The third kappa shape index (κ3) is 2.99. The van der Waals surface area contributed by atoms with Gasteiger partial charge in [0, 0.05) is 26.8 Å². The van der Waals surface area contributed by atoms with Crippen molar-refractivity contribution >= 4 is 33.5 Å². The van der Waals surface area contributed by atoms with Crippen molar-refractivity contribution in [3.8, 4) is 0 Å². The van der Waals surface area contributed by atoms with Crippen molar-refractivity contribution in [3.63, 3.8) is 0 Å². The molecule has 1 aromatic rings. The van der Waals surface area contributed by atoms with Gasteiger partial charge in [-0.1, -0.05) is 5.16 Å². The van der Waals surface area contributed by atoms with Crippen molar-refractivity contribution in [2.75, 3.05) is 6.61 Å². The van der Waals surface area contributed by atoms with E-state index >= 15 is 0 Å². The van der Waals surface area contributed by atoms with Crippen LogP contribution in [-0.2, 0) is 4.74 Å². The number of thioether (sulfide) groups is 1. The molecule has 0 spiro atoms. The number of halogens is 1. The summed E-state index contributed by atoms with van der Waals surface area (Å²) < 4.78 is 6.50. The standard InChI is InChI=1S/C12H15BrN2O2S/c1-7-10(4-5-17-7)18-11-3-2-8(6-9(11)13)12(14)15-16/h2-3,6-7,10,16H,4-5H2,1H3,(H2,14,15). The van der Waals surface area contributed by atoms with Gasteiger partial charge in [0.1, 0.15) is 0 Å². The molecule has 0 radical (unpaired) electrons. The molecule has 3 N–H and O–H groups in total. The average molecular weight is 331 g/mol. The fraction of sp³-hybridized carbons (Fsp3) is 0.417. The zero-order valence-corrected chi connectivity index (χ0v) is 12.4. The average Bonchev–Trinajstić information content (AvgIpc) is 2.76. The van der Waals surface area contributed by atoms with Crippen LogP contribution in [0, 0.1) is 0 Å². The van der Waals surface area contributed by atoms with Gasteiger partial charge in [0.2, 0.25) is 0 Å². The molecule has 1 heterocycles. The quantitative estimate of drug-likeness (QED) is 0.387. The first-order valence-electron chi connectivity index (χ1n) is 5.67. The van der Waals surface area contributed by atoms with Crippen LogP contribution < -0.4 is 5.73 Å². The third-order valence-electron chi connectivity index (χ3n) is 2.92. The highest BCUT2D eigenvalue weighted by Gasteiger charge is 2.25. The number of ether oxygens (including phenoxy) is 1. The fourth-order valence-electron chi connectivity index (χ4n) is 1.84. The Morgan fingerprint density at radius 2 is 2.39 bits per heavy atom. The Bertz CT molecular complexity index is 467. The molecule has 4 nitrogen and oxygen atoms in total. The number of hydrogen-bond acceptors (Lipinski definition) is 4. The van der Waals surface area contributed by atoms with Crippen molar-refractivity contribution in [2.45, 2.75) is 29.6 Å². The lowest BCUT2D eigenvalue weighted by atomic mass is 10.2. The van der Waals surface area contributed by atoms with Crippen molar-refractivity contribution in [2.24, 2.45) is 10.9 Å². The van der Waals surface area contributed by atoms with Crippen LogP contribution in [0.25, 0.3) is 0 Å². The second-order valence-electron chi connectivity index (χ2n) is 4.15. The summed E-state index contributed by atoms with van der Waals surface area (Å²) in [6.45, 7) is 2.93. The van der Waals surface area contributed by atoms with Crippen molar-refractivity contribution in [3.05, 3.63) is 28.2 Å². The number of hydrogen-bond donors (Lipinski definition) is 2. The Labute approximate surface area is 119 Å². The normalized spacial score (nSPS) is 24.4. The minimum absolute atomic E-state index is 0.116. The molecule has 0 aliphatic carbocycles. The molecule has 1 saturated heterocycles. The van der Waals surface area contributed by atoms with E-state index in [2.05, 4.69) is 28.0 Å². The maximum absolute atomic E-state index is 8.64. The van der Waals surface area contributed by atoms with Crippen LogP contribution in [0.4, 0.5) is 0 Å². The van der Waals surface area contributed by atoms with Gasteiger partial charge in [0.15, 0.2) is 5.84 Å². The summed E-state index contributed by atoms with van der Waals surface area (Å²) in [7, 11) is 0. The summed E-state index contributed by atoms with van der Waals surface area (Å²) in [6.07, 6.45) is 1.35. The maximum atomic E-state index is 8.64. The molecule has 1 aliphatic rings. The summed E-state index contributed by atoms with van der Waals surface area (Å²) in [4.78, 5) is 1.15. The van der Waals surface area contributed by atoms with E-state index in [9.17, 15) is 0 Å². The summed E-state index contributed by atoms with van der Waals surface area (Å²) in [5, 5.41) is 12.1. The van der Waals surface area contributed by atoms with Gasteiger partial charge in [0.25, 0.3) is 0 Å². The predicted molar refractivity (Wildman–Crippen MR) is 76.3 cm³/mol. The molecule has 18 heavy (non-hydrogen) atoms. The van der Waals surface area contributed by atoms with Crippen molar-refractivity contribution < 1.29 is 9.94 Å². The van der Waals surface area contributed by atoms with E-state index in [0.717, 1.165) is 22.4 Å². The van der Waals surface area contributed by atoms with E-state index in [4.69, 9.17) is 15.7 Å². The van der Waals surface area contributed by atoms with Crippen LogP contribution in [0.3, 0.4) is 0 Å². The topological polar surface area (TPSA) is 67.8 Å². The SMILES string of the molecule is CC1OCCC1Sc1ccc(/C(N)=N/O)cc1Br. The van der Waals surface area contributed by atoms with Gasteiger partial charge in [-0.15, -0.1) is 11.8 Å². The zero-order chi connectivity index (χ0) is 13.1. The van der Waals surface area contributed by atoms with E-state index in [1.54, 1.807) is 11.8 Å². The van der Waals surface area contributed by atoms with Gasteiger partial charge < -0.3 is 15.7 Å². The Morgan fingerprint density at radius 3 is 2.94 bits per heavy atom. The zero-order valence-electron chi connectivity index (χ0n) is 9.97. The molecule has 2 atom stereocenters. The molecule has 1 aromatic carbocycles. The number of nitrogens with zero attached hydrogens (tertiary/aromatic N) is 1. The maximum Gasteiger partial charge on any atom is 0.170 e. The van der Waals surface area contributed by atoms with Crippen LogP contribution in [0.5, 0.6) is 0 Å². The van der Waals surface area contributed by atoms with Gasteiger partial charge >= 0.3 is 0 Å². The molecule has 0 saturated carbocycles. The Morgan fingerprint density at radius 1 is 1.61 bits per heavy atom. The van der Waals surface area contributed by atoms with E-state index < -0.39 is 0 Å². The largest absolute Gasteiger partial charge is 0.409 e. The van der Waals surface area contributed by atoms with Crippen molar-refractivity contribution in [1.82, 2.24) is 0 Å². The number of amidine groups is 1. The van der Waals surface area contributed by atoms with E-state index in [1.807, 2.05) is 18.2 Å². The van der Waals surface area contributed by atoms with Crippen LogP contribution in [0.2, 0.25) is 0 Å². The lowest BCUT2D eigenvalue weighted by Crippen LogP contribution is -2.14. The first kappa shape index (κ1) is 13.7. The summed E-state index contributed by atoms with van der Waals surface area (Å²) in [5.41, 5.74) is 6.25. The molecular formula is C12H15BrN2O2S. The third-order valence-corrected chi connectivity index (χ3v) is 5.37. The van der Waals surface area contributed by atoms with Crippen LogP contribution in [0.1, 0.15) is 18.9 Å². The molecule has 0 aromatic heterocycles. The lowest BCUT2D eigenvalue weighted by Gasteiger charge is -2.14. The van der Waals surface area contributed by atoms with Gasteiger partial charge in [-0.3, -0.25) is 0 Å². The van der Waals surface area contributed by atoms with E-state index in [-0.39, 0.29) is 11.9 Å². The van der Waals surface area contributed by atoms with Gasteiger partial charge in [0.05, 0.1) is 6.10 Å². The Balaban J connectivity index is 2.15.